The molecule has 0 spiro atoms. The third kappa shape index (κ3) is 2.48. The topological polar surface area (TPSA) is 14.1 Å². The largest absolute Gasteiger partial charge is 0.239 e. The van der Waals surface area contributed by atoms with E-state index in [9.17, 15) is 0 Å². The average Bonchev–Trinajstić information content (AvgIpc) is 2.20. The summed E-state index contributed by atoms with van der Waals surface area (Å²) in [7, 11) is 0. The summed E-state index contributed by atoms with van der Waals surface area (Å²) in [4.78, 5) is 0. The summed E-state index contributed by atoms with van der Waals surface area (Å²) < 4.78 is 1.15. The molecule has 1 radical (unpaired) electrons. The molecular weight excluding hydrogens is 246 g/mol. The zero-order valence-corrected chi connectivity index (χ0v) is 9.64. The maximum atomic E-state index is 4.42. The standard InChI is InChI=1S/C10H11BrNS/c11-9-3-1-8(2-4-9)10-7-12-5-6-13-10/h1-4,10H,5-7H2. The van der Waals surface area contributed by atoms with Gasteiger partial charge < -0.3 is 0 Å². The van der Waals surface area contributed by atoms with Gasteiger partial charge in [-0.25, -0.2) is 5.32 Å². The first-order valence-corrected chi connectivity index (χ1v) is 6.21. The van der Waals surface area contributed by atoms with Crippen molar-refractivity contribution in [2.45, 2.75) is 5.25 Å². The van der Waals surface area contributed by atoms with Crippen molar-refractivity contribution in [1.82, 2.24) is 5.32 Å². The second-order valence-corrected chi connectivity index (χ2v) is 5.27. The van der Waals surface area contributed by atoms with Gasteiger partial charge in [-0.1, -0.05) is 28.1 Å². The Kier molecular flexibility index (Phi) is 3.30. The molecule has 1 aliphatic heterocycles. The van der Waals surface area contributed by atoms with Crippen LogP contribution in [0.3, 0.4) is 0 Å². The lowest BCUT2D eigenvalue weighted by Crippen LogP contribution is -2.21. The van der Waals surface area contributed by atoms with Crippen LogP contribution in [0.5, 0.6) is 0 Å². The first kappa shape index (κ1) is 9.56. The molecule has 0 aromatic heterocycles. The number of hydrogen-bond acceptors (Lipinski definition) is 1. The molecule has 1 atom stereocenters. The van der Waals surface area contributed by atoms with Gasteiger partial charge in [-0.05, 0) is 17.7 Å². The van der Waals surface area contributed by atoms with Gasteiger partial charge in [0, 0.05) is 28.6 Å². The SMILES string of the molecule is Brc1ccc(C2C[N]CCS2)cc1. The number of rotatable bonds is 1. The second kappa shape index (κ2) is 4.49. The van der Waals surface area contributed by atoms with Crippen LogP contribution in [-0.2, 0) is 0 Å². The van der Waals surface area contributed by atoms with Crippen LogP contribution in [0.4, 0.5) is 0 Å². The lowest BCUT2D eigenvalue weighted by Gasteiger charge is -2.21. The van der Waals surface area contributed by atoms with E-state index in [0.29, 0.717) is 5.25 Å². The lowest BCUT2D eigenvalue weighted by molar-refractivity contribution is 0.675. The molecule has 1 aliphatic rings. The Morgan fingerprint density at radius 3 is 2.69 bits per heavy atom. The van der Waals surface area contributed by atoms with Crippen molar-refractivity contribution in [1.29, 1.82) is 0 Å². The molecule has 1 aromatic rings. The fourth-order valence-corrected chi connectivity index (χ4v) is 2.74. The van der Waals surface area contributed by atoms with E-state index in [0.717, 1.165) is 17.6 Å². The van der Waals surface area contributed by atoms with Crippen molar-refractivity contribution in [3.05, 3.63) is 34.3 Å². The van der Waals surface area contributed by atoms with Crippen LogP contribution >= 0.6 is 27.7 Å². The zero-order valence-electron chi connectivity index (χ0n) is 7.24. The summed E-state index contributed by atoms with van der Waals surface area (Å²) in [5, 5.41) is 5.01. The second-order valence-electron chi connectivity index (χ2n) is 3.04. The fourth-order valence-electron chi connectivity index (χ4n) is 1.40. The molecule has 1 unspecified atom stereocenters. The van der Waals surface area contributed by atoms with E-state index in [1.54, 1.807) is 0 Å². The van der Waals surface area contributed by atoms with E-state index in [-0.39, 0.29) is 0 Å². The Labute approximate surface area is 91.4 Å². The van der Waals surface area contributed by atoms with Crippen LogP contribution < -0.4 is 5.32 Å². The molecule has 1 saturated heterocycles. The van der Waals surface area contributed by atoms with Crippen molar-refractivity contribution in [2.75, 3.05) is 18.8 Å². The normalized spacial score (nSPS) is 23.0. The molecule has 3 heteroatoms. The Morgan fingerprint density at radius 2 is 2.08 bits per heavy atom. The highest BCUT2D eigenvalue weighted by Gasteiger charge is 2.15. The van der Waals surface area contributed by atoms with E-state index < -0.39 is 0 Å². The van der Waals surface area contributed by atoms with Gasteiger partial charge in [-0.15, -0.1) is 0 Å². The molecule has 1 heterocycles. The van der Waals surface area contributed by atoms with Crippen LogP contribution in [0.15, 0.2) is 28.7 Å². The zero-order chi connectivity index (χ0) is 9.10. The molecule has 13 heavy (non-hydrogen) atoms. The van der Waals surface area contributed by atoms with Gasteiger partial charge in [0.2, 0.25) is 0 Å². The first-order chi connectivity index (χ1) is 6.36. The minimum Gasteiger partial charge on any atom is -0.239 e. The summed E-state index contributed by atoms with van der Waals surface area (Å²) in [6, 6.07) is 8.57. The van der Waals surface area contributed by atoms with E-state index in [4.69, 9.17) is 0 Å². The predicted molar refractivity (Wildman–Crippen MR) is 61.2 cm³/mol. The van der Waals surface area contributed by atoms with Crippen molar-refractivity contribution >= 4 is 27.7 Å². The minimum atomic E-state index is 0.585. The van der Waals surface area contributed by atoms with E-state index in [2.05, 4.69) is 45.5 Å². The Morgan fingerprint density at radius 1 is 1.31 bits per heavy atom. The highest BCUT2D eigenvalue weighted by molar-refractivity contribution is 9.10. The van der Waals surface area contributed by atoms with Crippen LogP contribution in [-0.4, -0.2) is 18.8 Å². The predicted octanol–water partition coefficient (Wildman–Crippen LogP) is 2.84. The molecule has 2 rings (SSSR count). The summed E-state index contributed by atoms with van der Waals surface area (Å²) >= 11 is 5.45. The molecule has 0 N–H and O–H groups in total. The third-order valence-electron chi connectivity index (χ3n) is 2.11. The maximum Gasteiger partial charge on any atom is 0.0439 e. The highest BCUT2D eigenvalue weighted by atomic mass is 79.9. The number of benzene rings is 1. The van der Waals surface area contributed by atoms with Crippen molar-refractivity contribution < 1.29 is 0 Å². The number of thioether (sulfide) groups is 1. The molecule has 0 aliphatic carbocycles. The molecule has 0 amide bonds. The first-order valence-electron chi connectivity index (χ1n) is 4.36. The summed E-state index contributed by atoms with van der Waals surface area (Å²) in [6.45, 7) is 2.00. The minimum absolute atomic E-state index is 0.585. The van der Waals surface area contributed by atoms with Gasteiger partial charge in [0.05, 0.1) is 0 Å². The summed E-state index contributed by atoms with van der Waals surface area (Å²) in [5.74, 6) is 1.17. The van der Waals surface area contributed by atoms with Gasteiger partial charge in [-0.2, -0.15) is 11.8 Å². The van der Waals surface area contributed by atoms with Gasteiger partial charge >= 0.3 is 0 Å². The molecule has 1 fully saturated rings. The highest BCUT2D eigenvalue weighted by Crippen LogP contribution is 2.30. The maximum absolute atomic E-state index is 4.42. The van der Waals surface area contributed by atoms with E-state index >= 15 is 0 Å². The Hall–Kier alpha value is 0.01000. The number of halogens is 1. The number of hydrogen-bond donors (Lipinski definition) is 0. The van der Waals surface area contributed by atoms with Crippen molar-refractivity contribution in [3.8, 4) is 0 Å². The van der Waals surface area contributed by atoms with E-state index in [1.807, 2.05) is 11.8 Å². The third-order valence-corrected chi connectivity index (χ3v) is 3.88. The average molecular weight is 257 g/mol. The smallest absolute Gasteiger partial charge is 0.0439 e. The molecule has 1 nitrogen and oxygen atoms in total. The van der Waals surface area contributed by atoms with E-state index in [1.165, 1.54) is 11.3 Å². The van der Waals surface area contributed by atoms with Gasteiger partial charge in [0.1, 0.15) is 0 Å². The van der Waals surface area contributed by atoms with Crippen LogP contribution in [0, 0.1) is 0 Å². The van der Waals surface area contributed by atoms with Crippen molar-refractivity contribution in [2.24, 2.45) is 0 Å². The van der Waals surface area contributed by atoms with Crippen LogP contribution in [0.2, 0.25) is 0 Å². The molecule has 0 saturated carbocycles. The molecule has 0 bridgehead atoms. The molecule has 1 aromatic carbocycles. The quantitative estimate of drug-likeness (QED) is 0.754. The fraction of sp³-hybridized carbons (Fsp3) is 0.400. The van der Waals surface area contributed by atoms with Crippen LogP contribution in [0.25, 0.3) is 0 Å². The summed E-state index contributed by atoms with van der Waals surface area (Å²) in [5.41, 5.74) is 1.40. The Bertz CT molecular complexity index is 267. The van der Waals surface area contributed by atoms with Gasteiger partial charge in [-0.3, -0.25) is 0 Å². The molecular formula is C10H11BrNS. The number of nitrogens with zero attached hydrogens (tertiary/aromatic N) is 1. The Balaban J connectivity index is 2.10. The van der Waals surface area contributed by atoms with Crippen LogP contribution in [0.1, 0.15) is 10.8 Å². The lowest BCUT2D eigenvalue weighted by atomic mass is 10.1. The monoisotopic (exact) mass is 256 g/mol. The van der Waals surface area contributed by atoms with Crippen molar-refractivity contribution in [3.63, 3.8) is 0 Å². The van der Waals surface area contributed by atoms with Gasteiger partial charge in [0.15, 0.2) is 0 Å². The summed E-state index contributed by atoms with van der Waals surface area (Å²) in [6.07, 6.45) is 0. The molecule has 69 valence electrons. The van der Waals surface area contributed by atoms with Gasteiger partial charge in [0.25, 0.3) is 0 Å².